The van der Waals surface area contributed by atoms with Gasteiger partial charge in [0.05, 0.1) is 16.5 Å². The van der Waals surface area contributed by atoms with Crippen LogP contribution in [0.25, 0.3) is 0 Å². The smallest absolute Gasteiger partial charge is 0.242 e. The molecule has 0 saturated heterocycles. The standard InChI is InChI=1S/C14H18Cl2N2O2/c1-8(2)13(14(20)17-3)18-11(19)7-9-5-4-6-10(15)12(9)16/h4-6,8,13H,7H2,1-3H3,(H,17,20)(H,18,19). The molecule has 20 heavy (non-hydrogen) atoms. The summed E-state index contributed by atoms with van der Waals surface area (Å²) in [4.78, 5) is 23.7. The number of amides is 2. The lowest BCUT2D eigenvalue weighted by molar-refractivity contribution is -0.129. The van der Waals surface area contributed by atoms with Gasteiger partial charge in [0.15, 0.2) is 0 Å². The van der Waals surface area contributed by atoms with E-state index in [0.717, 1.165) is 0 Å². The molecule has 1 rings (SSSR count). The average Bonchev–Trinajstić information content (AvgIpc) is 2.40. The number of nitrogens with one attached hydrogen (secondary N) is 2. The van der Waals surface area contributed by atoms with Crippen molar-refractivity contribution >= 4 is 35.0 Å². The van der Waals surface area contributed by atoms with E-state index in [2.05, 4.69) is 10.6 Å². The molecule has 1 atom stereocenters. The number of likely N-dealkylation sites (N-methyl/N-ethyl adjacent to an activating group) is 1. The first-order chi connectivity index (χ1) is 9.36. The van der Waals surface area contributed by atoms with Crippen LogP contribution in [0.4, 0.5) is 0 Å². The lowest BCUT2D eigenvalue weighted by atomic mass is 10.0. The zero-order valence-corrected chi connectivity index (χ0v) is 13.2. The molecule has 0 saturated carbocycles. The highest BCUT2D eigenvalue weighted by Gasteiger charge is 2.23. The molecule has 1 unspecified atom stereocenters. The van der Waals surface area contributed by atoms with E-state index < -0.39 is 6.04 Å². The summed E-state index contributed by atoms with van der Waals surface area (Å²) in [6, 6.07) is 4.56. The summed E-state index contributed by atoms with van der Waals surface area (Å²) < 4.78 is 0. The number of carbonyl (C=O) groups is 2. The molecule has 2 N–H and O–H groups in total. The van der Waals surface area contributed by atoms with Crippen molar-refractivity contribution in [3.8, 4) is 0 Å². The SMILES string of the molecule is CNC(=O)C(NC(=O)Cc1cccc(Cl)c1Cl)C(C)C. The second-order valence-corrected chi connectivity index (χ2v) is 5.58. The Kier molecular flexibility index (Phi) is 6.30. The minimum atomic E-state index is -0.564. The zero-order chi connectivity index (χ0) is 15.3. The molecule has 0 bridgehead atoms. The fourth-order valence-corrected chi connectivity index (χ4v) is 2.16. The summed E-state index contributed by atoms with van der Waals surface area (Å²) in [5.41, 5.74) is 0.635. The summed E-state index contributed by atoms with van der Waals surface area (Å²) in [5.74, 6) is -0.490. The zero-order valence-electron chi connectivity index (χ0n) is 11.7. The Morgan fingerprint density at radius 3 is 2.45 bits per heavy atom. The van der Waals surface area contributed by atoms with E-state index in [1.54, 1.807) is 18.2 Å². The minimum Gasteiger partial charge on any atom is -0.357 e. The third kappa shape index (κ3) is 4.39. The van der Waals surface area contributed by atoms with Crippen molar-refractivity contribution in [2.24, 2.45) is 5.92 Å². The van der Waals surface area contributed by atoms with Crippen LogP contribution in [0.2, 0.25) is 10.0 Å². The number of benzene rings is 1. The Balaban J connectivity index is 2.76. The number of hydrogen-bond donors (Lipinski definition) is 2. The normalized spacial score (nSPS) is 12.1. The van der Waals surface area contributed by atoms with Crippen LogP contribution in [-0.4, -0.2) is 24.9 Å². The molecular formula is C14H18Cl2N2O2. The Labute approximate surface area is 128 Å². The van der Waals surface area contributed by atoms with Gasteiger partial charge in [-0.25, -0.2) is 0 Å². The van der Waals surface area contributed by atoms with Crippen molar-refractivity contribution in [1.82, 2.24) is 10.6 Å². The largest absolute Gasteiger partial charge is 0.357 e. The van der Waals surface area contributed by atoms with Crippen LogP contribution in [-0.2, 0) is 16.0 Å². The fraction of sp³-hybridized carbons (Fsp3) is 0.429. The Morgan fingerprint density at radius 1 is 1.25 bits per heavy atom. The van der Waals surface area contributed by atoms with Crippen molar-refractivity contribution in [2.45, 2.75) is 26.3 Å². The molecule has 2 amide bonds. The summed E-state index contributed by atoms with van der Waals surface area (Å²) in [5, 5.41) is 6.02. The summed E-state index contributed by atoms with van der Waals surface area (Å²) in [6.07, 6.45) is 0.0829. The lowest BCUT2D eigenvalue weighted by Crippen LogP contribution is -2.49. The number of hydrogen-bond acceptors (Lipinski definition) is 2. The van der Waals surface area contributed by atoms with Gasteiger partial charge in [-0.15, -0.1) is 0 Å². The first-order valence-electron chi connectivity index (χ1n) is 6.30. The highest BCUT2D eigenvalue weighted by Crippen LogP contribution is 2.25. The van der Waals surface area contributed by atoms with E-state index in [1.165, 1.54) is 7.05 Å². The van der Waals surface area contributed by atoms with E-state index in [-0.39, 0.29) is 24.2 Å². The van der Waals surface area contributed by atoms with Gasteiger partial charge >= 0.3 is 0 Å². The minimum absolute atomic E-state index is 0.00580. The summed E-state index contributed by atoms with van der Waals surface area (Å²) in [7, 11) is 1.54. The molecular weight excluding hydrogens is 299 g/mol. The Bertz CT molecular complexity index is 504. The fourth-order valence-electron chi connectivity index (χ4n) is 1.77. The van der Waals surface area contributed by atoms with Crippen molar-refractivity contribution < 1.29 is 9.59 Å². The Hall–Kier alpha value is -1.26. The average molecular weight is 317 g/mol. The van der Waals surface area contributed by atoms with Crippen LogP contribution >= 0.6 is 23.2 Å². The predicted molar refractivity (Wildman–Crippen MR) is 81.0 cm³/mol. The van der Waals surface area contributed by atoms with Gasteiger partial charge in [0.2, 0.25) is 11.8 Å². The maximum absolute atomic E-state index is 12.0. The predicted octanol–water partition coefficient (Wildman–Crippen LogP) is 2.42. The number of carbonyl (C=O) groups excluding carboxylic acids is 2. The van der Waals surface area contributed by atoms with E-state index in [9.17, 15) is 9.59 Å². The highest BCUT2D eigenvalue weighted by atomic mass is 35.5. The van der Waals surface area contributed by atoms with Crippen LogP contribution in [0.1, 0.15) is 19.4 Å². The first-order valence-corrected chi connectivity index (χ1v) is 7.06. The van der Waals surface area contributed by atoms with Gasteiger partial charge in [-0.05, 0) is 17.5 Å². The monoisotopic (exact) mass is 316 g/mol. The van der Waals surface area contributed by atoms with Gasteiger partial charge in [-0.1, -0.05) is 49.2 Å². The van der Waals surface area contributed by atoms with Crippen LogP contribution in [0.15, 0.2) is 18.2 Å². The molecule has 4 nitrogen and oxygen atoms in total. The quantitative estimate of drug-likeness (QED) is 0.876. The topological polar surface area (TPSA) is 58.2 Å². The first kappa shape index (κ1) is 16.8. The molecule has 0 fully saturated rings. The van der Waals surface area contributed by atoms with Crippen molar-refractivity contribution in [1.29, 1.82) is 0 Å². The van der Waals surface area contributed by atoms with Gasteiger partial charge < -0.3 is 10.6 Å². The third-order valence-electron chi connectivity index (χ3n) is 2.89. The maximum atomic E-state index is 12.0. The highest BCUT2D eigenvalue weighted by molar-refractivity contribution is 6.42. The maximum Gasteiger partial charge on any atom is 0.242 e. The molecule has 0 radical (unpaired) electrons. The van der Waals surface area contributed by atoms with Crippen LogP contribution < -0.4 is 10.6 Å². The molecule has 1 aromatic rings. The second kappa shape index (κ2) is 7.50. The lowest BCUT2D eigenvalue weighted by Gasteiger charge is -2.20. The van der Waals surface area contributed by atoms with Crippen molar-refractivity contribution in [3.05, 3.63) is 33.8 Å². The summed E-state index contributed by atoms with van der Waals surface area (Å²) in [6.45, 7) is 3.74. The van der Waals surface area contributed by atoms with Gasteiger partial charge in [0, 0.05) is 7.05 Å². The molecule has 110 valence electrons. The van der Waals surface area contributed by atoms with Gasteiger partial charge in [-0.3, -0.25) is 9.59 Å². The van der Waals surface area contributed by atoms with Crippen LogP contribution in [0.5, 0.6) is 0 Å². The second-order valence-electron chi connectivity index (χ2n) is 4.79. The van der Waals surface area contributed by atoms with Crippen molar-refractivity contribution in [2.75, 3.05) is 7.05 Å². The third-order valence-corrected chi connectivity index (χ3v) is 3.75. The molecule has 0 aromatic heterocycles. The molecule has 0 aliphatic heterocycles. The molecule has 0 heterocycles. The number of halogens is 2. The van der Waals surface area contributed by atoms with E-state index in [4.69, 9.17) is 23.2 Å². The molecule has 0 aliphatic rings. The number of rotatable bonds is 5. The van der Waals surface area contributed by atoms with E-state index >= 15 is 0 Å². The molecule has 1 aromatic carbocycles. The summed E-state index contributed by atoms with van der Waals surface area (Å²) >= 11 is 11.9. The Morgan fingerprint density at radius 2 is 1.90 bits per heavy atom. The van der Waals surface area contributed by atoms with Crippen molar-refractivity contribution in [3.63, 3.8) is 0 Å². The van der Waals surface area contributed by atoms with E-state index in [0.29, 0.717) is 15.6 Å². The van der Waals surface area contributed by atoms with E-state index in [1.807, 2.05) is 13.8 Å². The van der Waals surface area contributed by atoms with Gasteiger partial charge in [-0.2, -0.15) is 0 Å². The van der Waals surface area contributed by atoms with Gasteiger partial charge in [0.25, 0.3) is 0 Å². The van der Waals surface area contributed by atoms with Crippen LogP contribution in [0.3, 0.4) is 0 Å². The van der Waals surface area contributed by atoms with Gasteiger partial charge in [0.1, 0.15) is 6.04 Å². The molecule has 6 heteroatoms. The molecule has 0 spiro atoms. The van der Waals surface area contributed by atoms with Crippen LogP contribution in [0, 0.1) is 5.92 Å². The molecule has 0 aliphatic carbocycles.